The molecule has 0 fully saturated rings. The number of hydrogen-bond donors (Lipinski definition) is 2. The molecule has 0 aliphatic carbocycles. The minimum absolute atomic E-state index is 0.101. The van der Waals surface area contributed by atoms with Crippen molar-refractivity contribution in [3.8, 4) is 0 Å². The predicted octanol–water partition coefficient (Wildman–Crippen LogP) is 0.377. The molecule has 0 aromatic carbocycles. The number of hydrogen-bond acceptors (Lipinski definition) is 3. The van der Waals surface area contributed by atoms with Gasteiger partial charge in [-0.15, -0.1) is 5.10 Å². The van der Waals surface area contributed by atoms with Crippen molar-refractivity contribution in [1.82, 2.24) is 25.6 Å². The largest absolute Gasteiger partial charge is 0.338 e. The average molecular weight is 211 g/mol. The summed E-state index contributed by atoms with van der Waals surface area (Å²) in [5.41, 5.74) is 0. The molecule has 6 heteroatoms. The van der Waals surface area contributed by atoms with E-state index in [1.54, 1.807) is 17.1 Å². The van der Waals surface area contributed by atoms with Gasteiger partial charge in [-0.05, 0) is 12.8 Å². The van der Waals surface area contributed by atoms with Crippen molar-refractivity contribution in [3.05, 3.63) is 12.4 Å². The van der Waals surface area contributed by atoms with Crippen LogP contribution in [-0.2, 0) is 6.54 Å². The zero-order chi connectivity index (χ0) is 10.9. The molecule has 1 heterocycles. The lowest BCUT2D eigenvalue weighted by molar-refractivity contribution is 0.240. The SMILES string of the molecule is CCCNC(=O)NCCCn1ccnn1. The van der Waals surface area contributed by atoms with E-state index in [9.17, 15) is 4.79 Å². The van der Waals surface area contributed by atoms with Crippen LogP contribution in [0, 0.1) is 0 Å². The first-order chi connectivity index (χ1) is 7.33. The maximum absolute atomic E-state index is 11.1. The van der Waals surface area contributed by atoms with Crippen molar-refractivity contribution in [1.29, 1.82) is 0 Å². The van der Waals surface area contributed by atoms with Crippen LogP contribution in [0.2, 0.25) is 0 Å². The monoisotopic (exact) mass is 211 g/mol. The molecular weight excluding hydrogens is 194 g/mol. The predicted molar refractivity (Wildman–Crippen MR) is 56.3 cm³/mol. The van der Waals surface area contributed by atoms with E-state index >= 15 is 0 Å². The Bertz CT molecular complexity index is 272. The van der Waals surface area contributed by atoms with Crippen LogP contribution in [0.15, 0.2) is 12.4 Å². The number of carbonyl (C=O) groups excluding carboxylic acids is 1. The van der Waals surface area contributed by atoms with E-state index < -0.39 is 0 Å². The third kappa shape index (κ3) is 4.99. The summed E-state index contributed by atoms with van der Waals surface area (Å²) in [7, 11) is 0. The molecule has 0 unspecified atom stereocenters. The van der Waals surface area contributed by atoms with Crippen molar-refractivity contribution in [3.63, 3.8) is 0 Å². The van der Waals surface area contributed by atoms with Crippen molar-refractivity contribution in [2.45, 2.75) is 26.3 Å². The Morgan fingerprint density at radius 2 is 2.20 bits per heavy atom. The van der Waals surface area contributed by atoms with E-state index in [1.165, 1.54) is 0 Å². The van der Waals surface area contributed by atoms with E-state index in [0.29, 0.717) is 6.54 Å². The molecule has 0 spiro atoms. The molecule has 2 amide bonds. The van der Waals surface area contributed by atoms with Crippen LogP contribution in [0.1, 0.15) is 19.8 Å². The molecule has 0 aliphatic rings. The minimum atomic E-state index is -0.101. The van der Waals surface area contributed by atoms with E-state index in [0.717, 1.165) is 25.9 Å². The lowest BCUT2D eigenvalue weighted by Crippen LogP contribution is -2.36. The third-order valence-corrected chi connectivity index (χ3v) is 1.86. The zero-order valence-electron chi connectivity index (χ0n) is 8.94. The van der Waals surface area contributed by atoms with Crippen molar-refractivity contribution in [2.75, 3.05) is 13.1 Å². The number of urea groups is 1. The Balaban J connectivity index is 1.99. The highest BCUT2D eigenvalue weighted by molar-refractivity contribution is 5.73. The molecule has 0 radical (unpaired) electrons. The number of aryl methyl sites for hydroxylation is 1. The second-order valence-electron chi connectivity index (χ2n) is 3.20. The highest BCUT2D eigenvalue weighted by Crippen LogP contribution is 1.85. The van der Waals surface area contributed by atoms with Crippen LogP contribution in [0.3, 0.4) is 0 Å². The van der Waals surface area contributed by atoms with E-state index in [-0.39, 0.29) is 6.03 Å². The molecule has 0 saturated heterocycles. The first-order valence-electron chi connectivity index (χ1n) is 5.18. The fourth-order valence-electron chi connectivity index (χ4n) is 1.10. The molecule has 2 N–H and O–H groups in total. The average Bonchev–Trinajstić information content (AvgIpc) is 2.74. The number of amides is 2. The number of aromatic nitrogens is 3. The Morgan fingerprint density at radius 1 is 1.40 bits per heavy atom. The fraction of sp³-hybridized carbons (Fsp3) is 0.667. The molecule has 1 rings (SSSR count). The van der Waals surface area contributed by atoms with Crippen molar-refractivity contribution >= 4 is 6.03 Å². The van der Waals surface area contributed by atoms with Gasteiger partial charge in [-0.1, -0.05) is 12.1 Å². The third-order valence-electron chi connectivity index (χ3n) is 1.86. The van der Waals surface area contributed by atoms with Gasteiger partial charge in [0, 0.05) is 25.8 Å². The maximum atomic E-state index is 11.1. The minimum Gasteiger partial charge on any atom is -0.338 e. The van der Waals surface area contributed by atoms with Gasteiger partial charge in [-0.25, -0.2) is 4.79 Å². The standard InChI is InChI=1S/C9H17N5O/c1-2-4-10-9(15)11-5-3-7-14-8-6-12-13-14/h6,8H,2-5,7H2,1H3,(H2,10,11,15). The molecule has 0 atom stereocenters. The number of nitrogens with zero attached hydrogens (tertiary/aromatic N) is 3. The quantitative estimate of drug-likeness (QED) is 0.668. The second-order valence-corrected chi connectivity index (χ2v) is 3.20. The summed E-state index contributed by atoms with van der Waals surface area (Å²) in [6, 6.07) is -0.101. The Kier molecular flexibility index (Phi) is 5.21. The molecular formula is C9H17N5O. The Hall–Kier alpha value is -1.59. The molecule has 15 heavy (non-hydrogen) atoms. The van der Waals surface area contributed by atoms with Gasteiger partial charge >= 0.3 is 6.03 Å². The van der Waals surface area contributed by atoms with Gasteiger partial charge < -0.3 is 10.6 Å². The van der Waals surface area contributed by atoms with E-state index in [2.05, 4.69) is 20.9 Å². The molecule has 0 bridgehead atoms. The van der Waals surface area contributed by atoms with Gasteiger partial charge in [0.15, 0.2) is 0 Å². The van der Waals surface area contributed by atoms with E-state index in [1.807, 2.05) is 6.92 Å². The van der Waals surface area contributed by atoms with Gasteiger partial charge in [0.05, 0.1) is 6.20 Å². The fourth-order valence-corrected chi connectivity index (χ4v) is 1.10. The topological polar surface area (TPSA) is 71.8 Å². The number of nitrogens with one attached hydrogen (secondary N) is 2. The Morgan fingerprint density at radius 3 is 2.87 bits per heavy atom. The van der Waals surface area contributed by atoms with Gasteiger partial charge in [0.25, 0.3) is 0 Å². The van der Waals surface area contributed by atoms with Crippen LogP contribution in [0.25, 0.3) is 0 Å². The summed E-state index contributed by atoms with van der Waals surface area (Å²) in [6.45, 7) is 4.16. The van der Waals surface area contributed by atoms with Crippen LogP contribution >= 0.6 is 0 Å². The van der Waals surface area contributed by atoms with Crippen molar-refractivity contribution < 1.29 is 4.79 Å². The first-order valence-corrected chi connectivity index (χ1v) is 5.18. The normalized spacial score (nSPS) is 9.93. The molecule has 0 aliphatic heterocycles. The summed E-state index contributed by atoms with van der Waals surface area (Å²) in [5.74, 6) is 0. The van der Waals surface area contributed by atoms with Crippen LogP contribution in [0.4, 0.5) is 4.79 Å². The smallest absolute Gasteiger partial charge is 0.314 e. The summed E-state index contributed by atoms with van der Waals surface area (Å²) >= 11 is 0. The van der Waals surface area contributed by atoms with E-state index in [4.69, 9.17) is 0 Å². The summed E-state index contributed by atoms with van der Waals surface area (Å²) in [4.78, 5) is 11.1. The first kappa shape index (κ1) is 11.5. The van der Waals surface area contributed by atoms with Crippen LogP contribution < -0.4 is 10.6 Å². The highest BCUT2D eigenvalue weighted by Gasteiger charge is 1.97. The van der Waals surface area contributed by atoms with Gasteiger partial charge in [-0.3, -0.25) is 4.68 Å². The second kappa shape index (κ2) is 6.80. The molecule has 6 nitrogen and oxygen atoms in total. The molecule has 0 saturated carbocycles. The van der Waals surface area contributed by atoms with Crippen LogP contribution in [0.5, 0.6) is 0 Å². The summed E-state index contributed by atoms with van der Waals surface area (Å²) in [5, 5.41) is 13.0. The zero-order valence-corrected chi connectivity index (χ0v) is 8.94. The van der Waals surface area contributed by atoms with Gasteiger partial charge in [0.1, 0.15) is 0 Å². The van der Waals surface area contributed by atoms with Gasteiger partial charge in [-0.2, -0.15) is 0 Å². The molecule has 84 valence electrons. The molecule has 1 aromatic heterocycles. The summed E-state index contributed by atoms with van der Waals surface area (Å²) in [6.07, 6.45) is 5.24. The van der Waals surface area contributed by atoms with Crippen molar-refractivity contribution in [2.24, 2.45) is 0 Å². The molecule has 1 aromatic rings. The number of rotatable bonds is 6. The van der Waals surface area contributed by atoms with Crippen LogP contribution in [-0.4, -0.2) is 34.1 Å². The summed E-state index contributed by atoms with van der Waals surface area (Å²) < 4.78 is 1.74. The lowest BCUT2D eigenvalue weighted by atomic mass is 10.4. The highest BCUT2D eigenvalue weighted by atomic mass is 16.2. The Labute approximate surface area is 89.0 Å². The lowest BCUT2D eigenvalue weighted by Gasteiger charge is -2.06. The number of carbonyl (C=O) groups is 1. The maximum Gasteiger partial charge on any atom is 0.314 e. The van der Waals surface area contributed by atoms with Gasteiger partial charge in [0.2, 0.25) is 0 Å².